The van der Waals surface area contributed by atoms with Crippen LogP contribution in [-0.4, -0.2) is 37.6 Å². The largest absolute Gasteiger partial charge is 1.00 e. The van der Waals surface area contributed by atoms with Gasteiger partial charge in [0.1, 0.15) is 16.3 Å². The Balaban J connectivity index is 0.00000240. The van der Waals surface area contributed by atoms with E-state index in [2.05, 4.69) is 4.98 Å². The van der Waals surface area contributed by atoms with Gasteiger partial charge in [-0.15, -0.1) is 11.3 Å². The standard InChI is InChI=1S/C19H17F2N3O4S.K.H/c1-2-24-9-14(17(26)27)15(10-24)23-18(28)19(20,21)7-13-8-22-16(29-13)11-3-5-12(25)6-4-11;;/h3-6,8-10,25H,2,7H2,1H3,(H,23,28)(H,26,27);;/q;+1;-1. The second-order valence-corrected chi connectivity index (χ2v) is 7.35. The van der Waals surface area contributed by atoms with E-state index in [0.717, 1.165) is 11.3 Å². The molecule has 2 aromatic heterocycles. The maximum Gasteiger partial charge on any atom is 1.00 e. The Bertz CT molecular complexity index is 1060. The first-order chi connectivity index (χ1) is 13.7. The average Bonchev–Trinajstić information content (AvgIpc) is 3.29. The maximum atomic E-state index is 14.5. The van der Waals surface area contributed by atoms with Gasteiger partial charge in [-0.2, -0.15) is 8.78 Å². The van der Waals surface area contributed by atoms with Crippen LogP contribution in [0, 0.1) is 0 Å². The first-order valence-electron chi connectivity index (χ1n) is 8.56. The van der Waals surface area contributed by atoms with Gasteiger partial charge >= 0.3 is 63.3 Å². The zero-order valence-electron chi connectivity index (χ0n) is 17.2. The van der Waals surface area contributed by atoms with Crippen molar-refractivity contribution < 1.29 is 81.4 Å². The first kappa shape index (κ1) is 24.6. The van der Waals surface area contributed by atoms with Crippen LogP contribution in [0.3, 0.4) is 0 Å². The Morgan fingerprint density at radius 2 is 1.93 bits per heavy atom. The number of anilines is 1. The van der Waals surface area contributed by atoms with Crippen LogP contribution < -0.4 is 56.7 Å². The number of halogens is 2. The van der Waals surface area contributed by atoms with Gasteiger partial charge in [-0.1, -0.05) is 0 Å². The summed E-state index contributed by atoms with van der Waals surface area (Å²) in [5.74, 6) is -6.60. The molecule has 0 aliphatic carbocycles. The zero-order valence-corrected chi connectivity index (χ0v) is 20.2. The second-order valence-electron chi connectivity index (χ2n) is 6.24. The predicted octanol–water partition coefficient (Wildman–Crippen LogP) is 0.968. The molecule has 0 fully saturated rings. The Kier molecular flexibility index (Phi) is 8.31. The van der Waals surface area contributed by atoms with Gasteiger partial charge in [-0.3, -0.25) is 4.79 Å². The van der Waals surface area contributed by atoms with Gasteiger partial charge in [0.15, 0.2) is 0 Å². The van der Waals surface area contributed by atoms with Crippen molar-refractivity contribution in [2.75, 3.05) is 5.32 Å². The number of aromatic nitrogens is 2. The fourth-order valence-corrected chi connectivity index (χ4v) is 3.57. The Morgan fingerprint density at radius 1 is 1.27 bits per heavy atom. The van der Waals surface area contributed by atoms with Gasteiger partial charge in [-0.05, 0) is 31.2 Å². The van der Waals surface area contributed by atoms with Gasteiger partial charge < -0.3 is 21.5 Å². The van der Waals surface area contributed by atoms with Crippen LogP contribution in [0.2, 0.25) is 0 Å². The van der Waals surface area contributed by atoms with E-state index in [1.54, 1.807) is 19.1 Å². The molecule has 3 aromatic rings. The van der Waals surface area contributed by atoms with Crippen LogP contribution in [-0.2, 0) is 17.8 Å². The van der Waals surface area contributed by atoms with E-state index in [0.29, 0.717) is 17.1 Å². The number of aryl methyl sites for hydroxylation is 1. The SMILES string of the molecule is CCn1cc(NC(=O)C(F)(F)Cc2cnc(-c3ccc(O)cc3)s2)c(C(=O)O)c1.[H-].[K+]. The molecule has 1 amide bonds. The minimum atomic E-state index is -3.76. The van der Waals surface area contributed by atoms with E-state index in [1.807, 2.05) is 5.32 Å². The smallest absolute Gasteiger partial charge is 1.00 e. The monoisotopic (exact) mass is 461 g/mol. The summed E-state index contributed by atoms with van der Waals surface area (Å²) in [6.07, 6.45) is 2.96. The molecule has 0 aliphatic heterocycles. The summed E-state index contributed by atoms with van der Waals surface area (Å²) in [5.41, 5.74) is 0.209. The third kappa shape index (κ3) is 5.74. The number of hydrogen-bond donors (Lipinski definition) is 3. The van der Waals surface area contributed by atoms with Crippen molar-refractivity contribution in [2.24, 2.45) is 0 Å². The molecule has 2 heterocycles. The molecule has 0 atom stereocenters. The number of carboxylic acids is 1. The molecule has 0 saturated heterocycles. The summed E-state index contributed by atoms with van der Waals surface area (Å²) in [4.78, 5) is 27.7. The fraction of sp³-hybridized carbons (Fsp3) is 0.211. The van der Waals surface area contributed by atoms with Gasteiger partial charge in [0.25, 0.3) is 5.91 Å². The van der Waals surface area contributed by atoms with Crippen LogP contribution in [0.15, 0.2) is 42.9 Å². The van der Waals surface area contributed by atoms with Crippen molar-refractivity contribution >= 4 is 28.9 Å². The number of phenols is 1. The number of thiazole rings is 1. The van der Waals surface area contributed by atoms with E-state index in [1.165, 1.54) is 35.3 Å². The first-order valence-corrected chi connectivity index (χ1v) is 9.37. The molecule has 0 radical (unpaired) electrons. The van der Waals surface area contributed by atoms with Crippen LogP contribution in [0.1, 0.15) is 23.6 Å². The molecule has 0 bridgehead atoms. The molecule has 11 heteroatoms. The van der Waals surface area contributed by atoms with Crippen LogP contribution in [0.5, 0.6) is 5.75 Å². The zero-order chi connectivity index (χ0) is 21.2. The molecule has 0 aliphatic rings. The van der Waals surface area contributed by atoms with E-state index >= 15 is 0 Å². The summed E-state index contributed by atoms with van der Waals surface area (Å²) < 4.78 is 30.4. The van der Waals surface area contributed by atoms with Crippen molar-refractivity contribution in [1.82, 2.24) is 9.55 Å². The van der Waals surface area contributed by atoms with Crippen LogP contribution in [0.25, 0.3) is 10.6 Å². The fourth-order valence-electron chi connectivity index (χ4n) is 2.60. The molecule has 0 saturated carbocycles. The summed E-state index contributed by atoms with van der Waals surface area (Å²) in [6.45, 7) is 2.18. The second kappa shape index (κ2) is 10.1. The summed E-state index contributed by atoms with van der Waals surface area (Å²) >= 11 is 1.01. The number of hydrogen-bond acceptors (Lipinski definition) is 5. The van der Waals surface area contributed by atoms with Crippen molar-refractivity contribution in [3.63, 3.8) is 0 Å². The molecule has 7 nitrogen and oxygen atoms in total. The van der Waals surface area contributed by atoms with E-state index in [4.69, 9.17) is 0 Å². The van der Waals surface area contributed by atoms with Crippen molar-refractivity contribution in [3.05, 3.63) is 53.3 Å². The number of aromatic carboxylic acids is 1. The van der Waals surface area contributed by atoms with Gasteiger partial charge in [0, 0.05) is 35.6 Å². The molecule has 0 unspecified atom stereocenters. The third-order valence-electron chi connectivity index (χ3n) is 4.12. The van der Waals surface area contributed by atoms with Crippen molar-refractivity contribution in [3.8, 4) is 16.3 Å². The number of phenolic OH excluding ortho intramolecular Hbond substituents is 1. The number of nitrogens with one attached hydrogen (secondary N) is 1. The molecule has 3 N–H and O–H groups in total. The summed E-state index contributed by atoms with van der Waals surface area (Å²) in [7, 11) is 0. The quantitative estimate of drug-likeness (QED) is 0.455. The number of rotatable bonds is 7. The number of amides is 1. The van der Waals surface area contributed by atoms with Crippen LogP contribution >= 0.6 is 11.3 Å². The van der Waals surface area contributed by atoms with E-state index in [-0.39, 0.29) is 74.7 Å². The molecular formula is C19H18F2KN3O4S. The number of carbonyl (C=O) groups excluding carboxylic acids is 1. The Labute approximate surface area is 218 Å². The molecule has 0 spiro atoms. The van der Waals surface area contributed by atoms with Crippen molar-refractivity contribution in [1.29, 1.82) is 0 Å². The number of carboxylic acid groups (broad SMARTS) is 1. The molecule has 30 heavy (non-hydrogen) atoms. The Hall–Kier alpha value is -1.63. The predicted molar refractivity (Wildman–Crippen MR) is 105 cm³/mol. The van der Waals surface area contributed by atoms with Gasteiger partial charge in [-0.25, -0.2) is 9.78 Å². The number of nitrogens with zero attached hydrogens (tertiary/aromatic N) is 2. The van der Waals surface area contributed by atoms with E-state index < -0.39 is 24.2 Å². The summed E-state index contributed by atoms with van der Waals surface area (Å²) in [5, 5.41) is 21.0. The normalized spacial score (nSPS) is 11.0. The van der Waals surface area contributed by atoms with Gasteiger partial charge in [0.2, 0.25) is 0 Å². The number of benzene rings is 1. The number of carbonyl (C=O) groups is 2. The number of aromatic hydroxyl groups is 1. The van der Waals surface area contributed by atoms with Crippen molar-refractivity contribution in [2.45, 2.75) is 25.8 Å². The molecule has 1 aromatic carbocycles. The molecule has 154 valence electrons. The maximum absolute atomic E-state index is 14.5. The van der Waals surface area contributed by atoms with Gasteiger partial charge in [0.05, 0.1) is 12.1 Å². The Morgan fingerprint density at radius 3 is 2.53 bits per heavy atom. The minimum absolute atomic E-state index is 0. The minimum Gasteiger partial charge on any atom is -1.00 e. The molecule has 3 rings (SSSR count). The number of alkyl halides is 2. The van der Waals surface area contributed by atoms with E-state index in [9.17, 15) is 28.6 Å². The molecular weight excluding hydrogens is 443 g/mol. The van der Waals surface area contributed by atoms with Crippen LogP contribution in [0.4, 0.5) is 14.5 Å². The topological polar surface area (TPSA) is 104 Å². The third-order valence-corrected chi connectivity index (χ3v) is 5.17. The average molecular weight is 462 g/mol. The summed E-state index contributed by atoms with van der Waals surface area (Å²) in [6, 6.07) is 6.13.